The van der Waals surface area contributed by atoms with Gasteiger partial charge >= 0.3 is 0 Å². The normalized spacial score (nSPS) is 24.3. The van der Waals surface area contributed by atoms with Crippen molar-refractivity contribution in [1.82, 2.24) is 4.90 Å². The lowest BCUT2D eigenvalue weighted by atomic mass is 10.1. The van der Waals surface area contributed by atoms with Crippen LogP contribution in [-0.4, -0.2) is 55.7 Å². The molecule has 0 saturated carbocycles. The first kappa shape index (κ1) is 12.9. The first-order valence-electron chi connectivity index (χ1n) is 5.64. The van der Waals surface area contributed by atoms with Gasteiger partial charge in [-0.3, -0.25) is 0 Å². The molecule has 0 bridgehead atoms. The number of hydrogen-bond acceptors (Lipinski definition) is 4. The molecule has 1 atom stereocenters. The average molecular weight is 235 g/mol. The molecule has 5 heteroatoms. The maximum absolute atomic E-state index is 11.2. The maximum atomic E-state index is 11.2. The summed E-state index contributed by atoms with van der Waals surface area (Å²) in [7, 11) is -2.82. The Hall–Kier alpha value is -0.130. The van der Waals surface area contributed by atoms with Gasteiger partial charge in [-0.15, -0.1) is 0 Å². The van der Waals surface area contributed by atoms with Gasteiger partial charge in [0.2, 0.25) is 0 Å². The molecule has 1 unspecified atom stereocenters. The van der Waals surface area contributed by atoms with Crippen LogP contribution in [0.2, 0.25) is 0 Å². The van der Waals surface area contributed by atoms with E-state index in [1.54, 1.807) is 6.92 Å². The third kappa shape index (κ3) is 4.95. The molecule has 4 nitrogen and oxygen atoms in total. The number of aliphatic hydroxyl groups is 1. The van der Waals surface area contributed by atoms with Crippen molar-refractivity contribution in [3.8, 4) is 0 Å². The highest BCUT2D eigenvalue weighted by atomic mass is 32.2. The largest absolute Gasteiger partial charge is 0.392 e. The van der Waals surface area contributed by atoms with E-state index in [-0.39, 0.29) is 17.6 Å². The summed E-state index contributed by atoms with van der Waals surface area (Å²) in [5.74, 6) is 0.506. The van der Waals surface area contributed by atoms with Gasteiger partial charge in [0.15, 0.2) is 0 Å². The highest BCUT2D eigenvalue weighted by molar-refractivity contribution is 7.91. The summed E-state index contributed by atoms with van der Waals surface area (Å²) >= 11 is 0. The van der Waals surface area contributed by atoms with Gasteiger partial charge < -0.3 is 10.0 Å². The first-order valence-corrected chi connectivity index (χ1v) is 7.46. The van der Waals surface area contributed by atoms with E-state index in [2.05, 4.69) is 4.90 Å². The monoisotopic (exact) mass is 235 g/mol. The molecule has 1 N–H and O–H groups in total. The number of nitrogens with zero attached hydrogens (tertiary/aromatic N) is 1. The van der Waals surface area contributed by atoms with Crippen LogP contribution < -0.4 is 0 Å². The molecule has 1 fully saturated rings. The fourth-order valence-electron chi connectivity index (χ4n) is 1.89. The lowest BCUT2D eigenvalue weighted by Gasteiger charge is -2.29. The van der Waals surface area contributed by atoms with Crippen molar-refractivity contribution < 1.29 is 13.5 Å². The molecule has 15 heavy (non-hydrogen) atoms. The van der Waals surface area contributed by atoms with E-state index in [0.717, 1.165) is 25.9 Å². The SMILES string of the molecule is CCS(=O)(=O)CCCN1CCCC(O)C1. The molecule has 1 aliphatic rings. The Balaban J connectivity index is 2.20. The molecule has 0 aromatic rings. The Morgan fingerprint density at radius 3 is 2.80 bits per heavy atom. The molecule has 1 aliphatic heterocycles. The van der Waals surface area contributed by atoms with Crippen molar-refractivity contribution in [3.05, 3.63) is 0 Å². The number of hydrogen-bond donors (Lipinski definition) is 1. The van der Waals surface area contributed by atoms with Gasteiger partial charge in [-0.05, 0) is 32.4 Å². The van der Waals surface area contributed by atoms with Crippen molar-refractivity contribution in [2.45, 2.75) is 32.3 Å². The highest BCUT2D eigenvalue weighted by Crippen LogP contribution is 2.10. The Morgan fingerprint density at radius 2 is 2.20 bits per heavy atom. The van der Waals surface area contributed by atoms with Gasteiger partial charge in [0.25, 0.3) is 0 Å². The number of β-amino-alcohol motifs (C(OH)–C–C–N with tert-alkyl or cyclic N) is 1. The zero-order chi connectivity index (χ0) is 11.3. The summed E-state index contributed by atoms with van der Waals surface area (Å²) in [5.41, 5.74) is 0. The van der Waals surface area contributed by atoms with Gasteiger partial charge in [-0.1, -0.05) is 6.92 Å². The topological polar surface area (TPSA) is 57.6 Å². The van der Waals surface area contributed by atoms with Crippen molar-refractivity contribution in [3.63, 3.8) is 0 Å². The van der Waals surface area contributed by atoms with E-state index in [0.29, 0.717) is 13.0 Å². The molecule has 90 valence electrons. The van der Waals surface area contributed by atoms with Gasteiger partial charge in [-0.25, -0.2) is 8.42 Å². The van der Waals surface area contributed by atoms with Gasteiger partial charge in [-0.2, -0.15) is 0 Å². The third-order valence-electron chi connectivity index (χ3n) is 2.85. The Labute approximate surface area is 92.2 Å². The van der Waals surface area contributed by atoms with E-state index in [4.69, 9.17) is 0 Å². The van der Waals surface area contributed by atoms with E-state index < -0.39 is 9.84 Å². The number of piperidine rings is 1. The Morgan fingerprint density at radius 1 is 1.47 bits per heavy atom. The lowest BCUT2D eigenvalue weighted by Crippen LogP contribution is -2.39. The predicted octanol–water partition coefficient (Wildman–Crippen LogP) is 0.268. The lowest BCUT2D eigenvalue weighted by molar-refractivity contribution is 0.0710. The number of aliphatic hydroxyl groups excluding tert-OH is 1. The molecular formula is C10H21NO3S. The van der Waals surface area contributed by atoms with Gasteiger partial charge in [0.1, 0.15) is 9.84 Å². The van der Waals surface area contributed by atoms with Crippen LogP contribution >= 0.6 is 0 Å². The Kier molecular flexibility index (Phi) is 5.02. The number of rotatable bonds is 5. The number of likely N-dealkylation sites (tertiary alicyclic amines) is 1. The van der Waals surface area contributed by atoms with Crippen LogP contribution in [-0.2, 0) is 9.84 Å². The van der Waals surface area contributed by atoms with Crippen molar-refractivity contribution in [2.24, 2.45) is 0 Å². The standard InChI is InChI=1S/C10H21NO3S/c1-2-15(13,14)8-4-7-11-6-3-5-10(12)9-11/h10,12H,2-9H2,1H3. The van der Waals surface area contributed by atoms with Gasteiger partial charge in [0, 0.05) is 12.3 Å². The molecule has 1 saturated heterocycles. The molecule has 0 aromatic heterocycles. The minimum atomic E-state index is -2.82. The molecule has 0 radical (unpaired) electrons. The molecule has 0 aliphatic carbocycles. The fraction of sp³-hybridized carbons (Fsp3) is 1.00. The van der Waals surface area contributed by atoms with Crippen LogP contribution in [0.15, 0.2) is 0 Å². The third-order valence-corrected chi connectivity index (χ3v) is 4.64. The zero-order valence-corrected chi connectivity index (χ0v) is 10.2. The summed E-state index contributed by atoms with van der Waals surface area (Å²) in [6, 6.07) is 0. The Bertz CT molecular complexity index is 276. The number of sulfone groups is 1. The minimum absolute atomic E-state index is 0.221. The average Bonchev–Trinajstić information content (AvgIpc) is 2.18. The molecule has 1 rings (SSSR count). The molecule has 0 aromatic carbocycles. The highest BCUT2D eigenvalue weighted by Gasteiger charge is 2.17. The van der Waals surface area contributed by atoms with E-state index in [9.17, 15) is 13.5 Å². The van der Waals surface area contributed by atoms with E-state index >= 15 is 0 Å². The quantitative estimate of drug-likeness (QED) is 0.743. The van der Waals surface area contributed by atoms with Crippen molar-refractivity contribution in [1.29, 1.82) is 0 Å². The molecular weight excluding hydrogens is 214 g/mol. The molecule has 0 amide bonds. The molecule has 0 spiro atoms. The van der Waals surface area contributed by atoms with Crippen molar-refractivity contribution in [2.75, 3.05) is 31.1 Å². The van der Waals surface area contributed by atoms with E-state index in [1.807, 2.05) is 0 Å². The second kappa shape index (κ2) is 5.82. The zero-order valence-electron chi connectivity index (χ0n) is 9.35. The summed E-state index contributed by atoms with van der Waals surface area (Å²) in [6.45, 7) is 4.16. The first-order chi connectivity index (χ1) is 7.03. The van der Waals surface area contributed by atoms with Gasteiger partial charge in [0.05, 0.1) is 11.9 Å². The molecule has 1 heterocycles. The summed E-state index contributed by atoms with van der Waals surface area (Å²) in [6.07, 6.45) is 2.36. The fourth-order valence-corrected chi connectivity index (χ4v) is 2.74. The van der Waals surface area contributed by atoms with Crippen LogP contribution in [0.3, 0.4) is 0 Å². The maximum Gasteiger partial charge on any atom is 0.150 e. The predicted molar refractivity (Wildman–Crippen MR) is 60.6 cm³/mol. The van der Waals surface area contributed by atoms with Crippen LogP contribution in [0, 0.1) is 0 Å². The summed E-state index contributed by atoms with van der Waals surface area (Å²) in [4.78, 5) is 2.15. The smallest absolute Gasteiger partial charge is 0.150 e. The van der Waals surface area contributed by atoms with Crippen LogP contribution in [0.25, 0.3) is 0 Å². The summed E-state index contributed by atoms with van der Waals surface area (Å²) in [5, 5.41) is 9.43. The second-order valence-corrected chi connectivity index (χ2v) is 6.66. The van der Waals surface area contributed by atoms with Crippen molar-refractivity contribution >= 4 is 9.84 Å². The van der Waals surface area contributed by atoms with Crippen LogP contribution in [0.4, 0.5) is 0 Å². The van der Waals surface area contributed by atoms with Crippen LogP contribution in [0.5, 0.6) is 0 Å². The second-order valence-electron chi connectivity index (χ2n) is 4.19. The van der Waals surface area contributed by atoms with Crippen LogP contribution in [0.1, 0.15) is 26.2 Å². The summed E-state index contributed by atoms with van der Waals surface area (Å²) < 4.78 is 22.5. The van der Waals surface area contributed by atoms with E-state index in [1.165, 1.54) is 0 Å². The minimum Gasteiger partial charge on any atom is -0.392 e.